The second-order valence-corrected chi connectivity index (χ2v) is 5.13. The number of carbonyl (C=O) groups is 1. The van der Waals surface area contributed by atoms with E-state index in [9.17, 15) is 4.79 Å². The van der Waals surface area contributed by atoms with Gasteiger partial charge in [0.15, 0.2) is 5.76 Å². The lowest BCUT2D eigenvalue weighted by Gasteiger charge is -2.26. The van der Waals surface area contributed by atoms with Crippen molar-refractivity contribution in [2.45, 2.75) is 6.42 Å². The molecule has 0 saturated carbocycles. The molecule has 1 aliphatic rings. The van der Waals surface area contributed by atoms with Crippen LogP contribution in [0.5, 0.6) is 0 Å². The summed E-state index contributed by atoms with van der Waals surface area (Å²) in [4.78, 5) is 13.7. The van der Waals surface area contributed by atoms with Crippen molar-refractivity contribution in [1.29, 1.82) is 0 Å². The quantitative estimate of drug-likeness (QED) is 0.937. The summed E-state index contributed by atoms with van der Waals surface area (Å²) in [6.07, 6.45) is 0.645. The molecule has 6 nitrogen and oxygen atoms in total. The number of carbonyl (C=O) groups excluding carboxylic acids is 1. The van der Waals surface area contributed by atoms with E-state index >= 15 is 0 Å². The molecule has 0 spiro atoms. The first-order valence-electron chi connectivity index (χ1n) is 7.44. The van der Waals surface area contributed by atoms with Crippen LogP contribution in [0.4, 0.5) is 4.79 Å². The lowest BCUT2D eigenvalue weighted by Crippen LogP contribution is -2.46. The van der Waals surface area contributed by atoms with Gasteiger partial charge in [-0.05, 0) is 0 Å². The van der Waals surface area contributed by atoms with Gasteiger partial charge in [-0.3, -0.25) is 0 Å². The summed E-state index contributed by atoms with van der Waals surface area (Å²) in [7, 11) is 0. The molecule has 2 aromatic rings. The molecule has 116 valence electrons. The van der Waals surface area contributed by atoms with E-state index < -0.39 is 0 Å². The number of nitrogens with zero attached hydrogens (tertiary/aromatic N) is 2. The maximum Gasteiger partial charge on any atom is 0.317 e. The third-order valence-corrected chi connectivity index (χ3v) is 3.57. The third kappa shape index (κ3) is 3.65. The van der Waals surface area contributed by atoms with Crippen LogP contribution >= 0.6 is 0 Å². The van der Waals surface area contributed by atoms with E-state index in [4.69, 9.17) is 9.26 Å². The van der Waals surface area contributed by atoms with E-state index in [0.29, 0.717) is 39.3 Å². The molecule has 0 unspecified atom stereocenters. The highest BCUT2D eigenvalue weighted by atomic mass is 16.5. The van der Waals surface area contributed by atoms with Crippen LogP contribution in [0.3, 0.4) is 0 Å². The highest BCUT2D eigenvalue weighted by molar-refractivity contribution is 5.74. The first kappa shape index (κ1) is 14.6. The maximum absolute atomic E-state index is 11.9. The largest absolute Gasteiger partial charge is 0.378 e. The maximum atomic E-state index is 11.9. The van der Waals surface area contributed by atoms with Crippen molar-refractivity contribution in [3.05, 3.63) is 42.1 Å². The molecule has 6 heteroatoms. The molecule has 0 radical (unpaired) electrons. The van der Waals surface area contributed by atoms with Gasteiger partial charge in [0.25, 0.3) is 0 Å². The average molecular weight is 301 g/mol. The van der Waals surface area contributed by atoms with Crippen LogP contribution in [0, 0.1) is 0 Å². The predicted octanol–water partition coefficient (Wildman–Crippen LogP) is 1.93. The van der Waals surface area contributed by atoms with E-state index in [1.165, 1.54) is 0 Å². The third-order valence-electron chi connectivity index (χ3n) is 3.57. The van der Waals surface area contributed by atoms with E-state index in [2.05, 4.69) is 10.5 Å². The number of benzene rings is 1. The number of rotatable bonds is 4. The average Bonchev–Trinajstić information content (AvgIpc) is 3.05. The fourth-order valence-electron chi connectivity index (χ4n) is 2.34. The molecular formula is C16H19N3O3. The number of urea groups is 1. The second kappa shape index (κ2) is 7.09. The Hall–Kier alpha value is -2.34. The van der Waals surface area contributed by atoms with Crippen molar-refractivity contribution in [2.75, 3.05) is 32.8 Å². The fraction of sp³-hybridized carbons (Fsp3) is 0.375. The van der Waals surface area contributed by atoms with Gasteiger partial charge in [-0.2, -0.15) is 0 Å². The molecule has 1 N–H and O–H groups in total. The van der Waals surface area contributed by atoms with Crippen molar-refractivity contribution in [2.24, 2.45) is 0 Å². The number of ether oxygens (including phenoxy) is 1. The Bertz CT molecular complexity index is 606. The molecule has 1 aromatic carbocycles. The highest BCUT2D eigenvalue weighted by Gasteiger charge is 2.16. The molecule has 3 rings (SSSR count). The summed E-state index contributed by atoms with van der Waals surface area (Å²) in [6.45, 7) is 3.05. The molecule has 2 amide bonds. The molecule has 2 heterocycles. The Kier molecular flexibility index (Phi) is 4.70. The zero-order valence-electron chi connectivity index (χ0n) is 12.3. The molecule has 0 bridgehead atoms. The Morgan fingerprint density at radius 3 is 2.77 bits per heavy atom. The van der Waals surface area contributed by atoms with Gasteiger partial charge in [0, 0.05) is 37.7 Å². The first-order chi connectivity index (χ1) is 10.8. The number of hydrogen-bond donors (Lipinski definition) is 1. The lowest BCUT2D eigenvalue weighted by molar-refractivity contribution is 0.0533. The van der Waals surface area contributed by atoms with E-state index in [0.717, 1.165) is 17.0 Å². The summed E-state index contributed by atoms with van der Waals surface area (Å²) in [6, 6.07) is 11.7. The first-order valence-corrected chi connectivity index (χ1v) is 7.44. The zero-order valence-corrected chi connectivity index (χ0v) is 12.3. The summed E-state index contributed by atoms with van der Waals surface area (Å²) < 4.78 is 10.6. The molecule has 1 saturated heterocycles. The van der Waals surface area contributed by atoms with Gasteiger partial charge < -0.3 is 19.5 Å². The lowest BCUT2D eigenvalue weighted by atomic mass is 10.1. The van der Waals surface area contributed by atoms with Gasteiger partial charge in [-0.25, -0.2) is 4.79 Å². The zero-order chi connectivity index (χ0) is 15.2. The topological polar surface area (TPSA) is 67.6 Å². The van der Waals surface area contributed by atoms with Gasteiger partial charge >= 0.3 is 6.03 Å². The van der Waals surface area contributed by atoms with Crippen LogP contribution in [0.2, 0.25) is 0 Å². The van der Waals surface area contributed by atoms with Gasteiger partial charge in [-0.1, -0.05) is 35.5 Å². The summed E-state index contributed by atoms with van der Waals surface area (Å²) in [5, 5.41) is 6.94. The van der Waals surface area contributed by atoms with E-state index in [1.807, 2.05) is 36.4 Å². The Balaban J connectivity index is 1.48. The summed E-state index contributed by atoms with van der Waals surface area (Å²) in [5.74, 6) is 0.745. The monoisotopic (exact) mass is 301 g/mol. The Morgan fingerprint density at radius 1 is 1.23 bits per heavy atom. The standard InChI is InChI=1S/C16H19N3O3/c20-16(19-8-10-21-11-9-19)17-7-6-14-12-15(22-18-14)13-4-2-1-3-5-13/h1-5,12H,6-11H2,(H,17,20). The number of aromatic nitrogens is 1. The van der Waals surface area contributed by atoms with Gasteiger partial charge in [0.2, 0.25) is 0 Å². The van der Waals surface area contributed by atoms with Crippen molar-refractivity contribution in [3.8, 4) is 11.3 Å². The van der Waals surface area contributed by atoms with Crippen LogP contribution in [0.15, 0.2) is 40.9 Å². The SMILES string of the molecule is O=C(NCCc1cc(-c2ccccc2)on1)N1CCOCC1. The van der Waals surface area contributed by atoms with Crippen LogP contribution in [0.25, 0.3) is 11.3 Å². The highest BCUT2D eigenvalue weighted by Crippen LogP contribution is 2.19. The smallest absolute Gasteiger partial charge is 0.317 e. The molecular weight excluding hydrogens is 282 g/mol. The van der Waals surface area contributed by atoms with Crippen molar-refractivity contribution in [1.82, 2.24) is 15.4 Å². The summed E-state index contributed by atoms with van der Waals surface area (Å²) >= 11 is 0. The van der Waals surface area contributed by atoms with E-state index in [1.54, 1.807) is 4.90 Å². The Morgan fingerprint density at radius 2 is 2.00 bits per heavy atom. The van der Waals surface area contributed by atoms with Crippen LogP contribution < -0.4 is 5.32 Å². The van der Waals surface area contributed by atoms with Gasteiger partial charge in [0.05, 0.1) is 18.9 Å². The van der Waals surface area contributed by atoms with Gasteiger partial charge in [-0.15, -0.1) is 0 Å². The predicted molar refractivity (Wildman–Crippen MR) is 81.4 cm³/mol. The number of amides is 2. The minimum atomic E-state index is -0.0462. The molecule has 1 aromatic heterocycles. The molecule has 0 atom stereocenters. The van der Waals surface area contributed by atoms with Crippen molar-refractivity contribution < 1.29 is 14.1 Å². The number of morpholine rings is 1. The van der Waals surface area contributed by atoms with E-state index in [-0.39, 0.29) is 6.03 Å². The molecule has 1 fully saturated rings. The van der Waals surface area contributed by atoms with Crippen LogP contribution in [-0.2, 0) is 11.2 Å². The minimum absolute atomic E-state index is 0.0462. The minimum Gasteiger partial charge on any atom is -0.378 e. The molecule has 22 heavy (non-hydrogen) atoms. The number of nitrogens with one attached hydrogen (secondary N) is 1. The van der Waals surface area contributed by atoms with Crippen molar-refractivity contribution in [3.63, 3.8) is 0 Å². The normalized spacial score (nSPS) is 14.8. The summed E-state index contributed by atoms with van der Waals surface area (Å²) in [5.41, 5.74) is 1.83. The Labute approximate surface area is 129 Å². The number of hydrogen-bond acceptors (Lipinski definition) is 4. The second-order valence-electron chi connectivity index (χ2n) is 5.13. The fourth-order valence-corrected chi connectivity index (χ4v) is 2.34. The van der Waals surface area contributed by atoms with Crippen LogP contribution in [-0.4, -0.2) is 48.9 Å². The molecule has 1 aliphatic heterocycles. The van der Waals surface area contributed by atoms with Crippen molar-refractivity contribution >= 4 is 6.03 Å². The van der Waals surface area contributed by atoms with Crippen LogP contribution in [0.1, 0.15) is 5.69 Å². The molecule has 0 aliphatic carbocycles. The van der Waals surface area contributed by atoms with Gasteiger partial charge in [0.1, 0.15) is 0 Å².